The van der Waals surface area contributed by atoms with Crippen LogP contribution in [-0.4, -0.2) is 49.6 Å². The Bertz CT molecular complexity index is 724. The van der Waals surface area contributed by atoms with Crippen LogP contribution in [-0.2, 0) is 4.79 Å². The van der Waals surface area contributed by atoms with Gasteiger partial charge in [-0.25, -0.2) is 9.50 Å². The molecular weight excluding hydrogens is 272 g/mol. The van der Waals surface area contributed by atoms with Crippen LogP contribution in [0.25, 0.3) is 5.65 Å². The van der Waals surface area contributed by atoms with Gasteiger partial charge in [-0.15, -0.1) is 0 Å². The summed E-state index contributed by atoms with van der Waals surface area (Å²) >= 11 is 0. The van der Waals surface area contributed by atoms with E-state index in [1.807, 2.05) is 19.9 Å². The third-order valence-electron chi connectivity index (χ3n) is 3.96. The third kappa shape index (κ3) is 2.24. The molecule has 1 amide bonds. The molecule has 0 saturated carbocycles. The van der Waals surface area contributed by atoms with E-state index in [1.165, 1.54) is 6.20 Å². The molecule has 0 aliphatic carbocycles. The van der Waals surface area contributed by atoms with Gasteiger partial charge in [0.05, 0.1) is 12.1 Å². The number of carbonyl (C=O) groups is 2. The van der Waals surface area contributed by atoms with Gasteiger partial charge in [0.1, 0.15) is 5.56 Å². The number of nitrogens with zero attached hydrogens (tertiary/aromatic N) is 4. The van der Waals surface area contributed by atoms with E-state index < -0.39 is 11.9 Å². The molecule has 2 atom stereocenters. The van der Waals surface area contributed by atoms with Gasteiger partial charge in [0, 0.05) is 25.0 Å². The first-order chi connectivity index (χ1) is 9.97. The number of carboxylic acids is 1. The second-order valence-corrected chi connectivity index (χ2v) is 5.53. The van der Waals surface area contributed by atoms with Crippen molar-refractivity contribution in [2.24, 2.45) is 11.8 Å². The highest BCUT2D eigenvalue weighted by atomic mass is 16.4. The number of fused-ring (bicyclic) bond motifs is 1. The molecule has 1 aliphatic heterocycles. The molecule has 7 heteroatoms. The average Bonchev–Trinajstić information content (AvgIpc) is 3.01. The van der Waals surface area contributed by atoms with E-state index in [4.69, 9.17) is 5.11 Å². The lowest BCUT2D eigenvalue weighted by atomic mass is 9.99. The lowest BCUT2D eigenvalue weighted by Crippen LogP contribution is -2.30. The number of aliphatic carboxylic acids is 1. The Morgan fingerprint density at radius 2 is 2.14 bits per heavy atom. The number of amides is 1. The van der Waals surface area contributed by atoms with Crippen LogP contribution in [0.4, 0.5) is 0 Å². The van der Waals surface area contributed by atoms with Crippen LogP contribution >= 0.6 is 0 Å². The Morgan fingerprint density at radius 3 is 2.81 bits per heavy atom. The van der Waals surface area contributed by atoms with Crippen molar-refractivity contribution in [1.29, 1.82) is 0 Å². The van der Waals surface area contributed by atoms with Crippen molar-refractivity contribution < 1.29 is 14.7 Å². The van der Waals surface area contributed by atoms with Gasteiger partial charge in [0.15, 0.2) is 5.65 Å². The minimum absolute atomic E-state index is 0.0528. The zero-order valence-electron chi connectivity index (χ0n) is 11.9. The van der Waals surface area contributed by atoms with Gasteiger partial charge in [-0.2, -0.15) is 5.10 Å². The van der Waals surface area contributed by atoms with Gasteiger partial charge in [-0.3, -0.25) is 9.59 Å². The first-order valence-electron chi connectivity index (χ1n) is 6.80. The van der Waals surface area contributed by atoms with Crippen LogP contribution in [0, 0.1) is 18.8 Å². The van der Waals surface area contributed by atoms with Crippen molar-refractivity contribution in [1.82, 2.24) is 19.5 Å². The molecule has 7 nitrogen and oxygen atoms in total. The van der Waals surface area contributed by atoms with Crippen LogP contribution in [0.5, 0.6) is 0 Å². The number of carbonyl (C=O) groups excluding carboxylic acids is 1. The van der Waals surface area contributed by atoms with E-state index in [1.54, 1.807) is 15.6 Å². The van der Waals surface area contributed by atoms with Crippen LogP contribution in [0.15, 0.2) is 18.5 Å². The smallest absolute Gasteiger partial charge is 0.308 e. The van der Waals surface area contributed by atoms with Gasteiger partial charge in [-0.1, -0.05) is 6.92 Å². The number of carboxylic acid groups (broad SMARTS) is 1. The van der Waals surface area contributed by atoms with Gasteiger partial charge < -0.3 is 10.0 Å². The van der Waals surface area contributed by atoms with Gasteiger partial charge in [0.25, 0.3) is 5.91 Å². The Labute approximate surface area is 121 Å². The highest BCUT2D eigenvalue weighted by Crippen LogP contribution is 2.25. The quantitative estimate of drug-likeness (QED) is 0.884. The fraction of sp³-hybridized carbons (Fsp3) is 0.429. The first kappa shape index (κ1) is 13.5. The monoisotopic (exact) mass is 288 g/mol. The van der Waals surface area contributed by atoms with E-state index in [2.05, 4.69) is 10.1 Å². The number of hydrogen-bond donors (Lipinski definition) is 1. The summed E-state index contributed by atoms with van der Waals surface area (Å²) in [5, 5.41) is 13.3. The highest BCUT2D eigenvalue weighted by Gasteiger charge is 2.37. The first-order valence-corrected chi connectivity index (χ1v) is 6.80. The zero-order valence-corrected chi connectivity index (χ0v) is 11.9. The fourth-order valence-corrected chi connectivity index (χ4v) is 2.73. The van der Waals surface area contributed by atoms with Crippen LogP contribution in [0.2, 0.25) is 0 Å². The molecule has 3 heterocycles. The Morgan fingerprint density at radius 1 is 1.38 bits per heavy atom. The van der Waals surface area contributed by atoms with Crippen molar-refractivity contribution >= 4 is 17.5 Å². The lowest BCUT2D eigenvalue weighted by Gasteiger charge is -2.14. The Kier molecular flexibility index (Phi) is 3.12. The topological polar surface area (TPSA) is 87.8 Å². The predicted octanol–water partition coefficient (Wildman–Crippen LogP) is 0.830. The van der Waals surface area contributed by atoms with Gasteiger partial charge in [0.2, 0.25) is 0 Å². The molecule has 0 radical (unpaired) electrons. The Hall–Kier alpha value is -2.44. The SMILES string of the molecule is Cc1ccn2ncc(C(=O)N3C[C@@H](C)[C@H](C(=O)O)C3)c2n1. The molecule has 1 fully saturated rings. The van der Waals surface area contributed by atoms with E-state index in [-0.39, 0.29) is 18.4 Å². The second-order valence-electron chi connectivity index (χ2n) is 5.53. The minimum atomic E-state index is -0.855. The van der Waals surface area contributed by atoms with E-state index >= 15 is 0 Å². The normalized spacial score (nSPS) is 21.9. The summed E-state index contributed by atoms with van der Waals surface area (Å²) in [6.45, 7) is 4.38. The van der Waals surface area contributed by atoms with Crippen molar-refractivity contribution in [2.45, 2.75) is 13.8 Å². The summed E-state index contributed by atoms with van der Waals surface area (Å²) < 4.78 is 1.55. The maximum absolute atomic E-state index is 12.6. The number of aryl methyl sites for hydroxylation is 1. The highest BCUT2D eigenvalue weighted by molar-refractivity contribution is 6.00. The Balaban J connectivity index is 1.91. The third-order valence-corrected chi connectivity index (χ3v) is 3.96. The molecule has 2 aromatic rings. The number of rotatable bonds is 2. The standard InChI is InChI=1S/C14H16N4O3/c1-8-6-17(7-11(8)14(20)21)13(19)10-5-15-18-4-3-9(2)16-12(10)18/h3-5,8,11H,6-7H2,1-2H3,(H,20,21)/t8-,11-/m1/s1. The molecule has 1 N–H and O–H groups in total. The van der Waals surface area contributed by atoms with Crippen molar-refractivity contribution in [3.63, 3.8) is 0 Å². The van der Waals surface area contributed by atoms with E-state index in [0.717, 1.165) is 5.69 Å². The largest absolute Gasteiger partial charge is 0.481 e. The lowest BCUT2D eigenvalue weighted by molar-refractivity contribution is -0.142. The molecule has 0 aromatic carbocycles. The predicted molar refractivity (Wildman–Crippen MR) is 73.9 cm³/mol. The molecule has 21 heavy (non-hydrogen) atoms. The minimum Gasteiger partial charge on any atom is -0.481 e. The zero-order chi connectivity index (χ0) is 15.1. The molecule has 2 aromatic heterocycles. The molecule has 1 saturated heterocycles. The van der Waals surface area contributed by atoms with Crippen LogP contribution < -0.4 is 0 Å². The number of aromatic nitrogens is 3. The van der Waals surface area contributed by atoms with Crippen molar-refractivity contribution in [3.05, 3.63) is 29.7 Å². The molecule has 110 valence electrons. The summed E-state index contributed by atoms with van der Waals surface area (Å²) in [5.74, 6) is -1.63. The molecule has 0 unspecified atom stereocenters. The second kappa shape index (κ2) is 4.83. The molecule has 0 spiro atoms. The number of likely N-dealkylation sites (tertiary alicyclic amines) is 1. The molecule has 1 aliphatic rings. The molecule has 3 rings (SSSR count). The summed E-state index contributed by atoms with van der Waals surface area (Å²) in [6, 6.07) is 1.81. The van der Waals surface area contributed by atoms with Crippen molar-refractivity contribution in [3.8, 4) is 0 Å². The maximum Gasteiger partial charge on any atom is 0.308 e. The average molecular weight is 288 g/mol. The fourth-order valence-electron chi connectivity index (χ4n) is 2.73. The molecular formula is C14H16N4O3. The molecule has 0 bridgehead atoms. The maximum atomic E-state index is 12.6. The van der Waals surface area contributed by atoms with E-state index in [0.29, 0.717) is 17.8 Å². The number of hydrogen-bond acceptors (Lipinski definition) is 4. The van der Waals surface area contributed by atoms with Crippen LogP contribution in [0.1, 0.15) is 23.0 Å². The summed E-state index contributed by atoms with van der Waals surface area (Å²) in [4.78, 5) is 29.7. The van der Waals surface area contributed by atoms with E-state index in [9.17, 15) is 9.59 Å². The summed E-state index contributed by atoms with van der Waals surface area (Å²) in [7, 11) is 0. The summed E-state index contributed by atoms with van der Waals surface area (Å²) in [6.07, 6.45) is 3.24. The van der Waals surface area contributed by atoms with Crippen molar-refractivity contribution in [2.75, 3.05) is 13.1 Å². The van der Waals surface area contributed by atoms with Gasteiger partial charge in [-0.05, 0) is 18.9 Å². The van der Waals surface area contributed by atoms with Crippen LogP contribution in [0.3, 0.4) is 0 Å². The summed E-state index contributed by atoms with van der Waals surface area (Å²) in [5.41, 5.74) is 1.72. The van der Waals surface area contributed by atoms with Gasteiger partial charge >= 0.3 is 5.97 Å².